The van der Waals surface area contributed by atoms with Crippen LogP contribution in [0.2, 0.25) is 0 Å². The maximum Gasteiger partial charge on any atom is 0.253 e. The van der Waals surface area contributed by atoms with E-state index in [1.165, 1.54) is 12.3 Å². The Morgan fingerprint density at radius 2 is 1.94 bits per heavy atom. The number of hydrogen-bond donors (Lipinski definition) is 5. The highest BCUT2D eigenvalue weighted by Crippen LogP contribution is 2.11. The number of amides is 1. The summed E-state index contributed by atoms with van der Waals surface area (Å²) in [6.07, 6.45) is 1.42. The van der Waals surface area contributed by atoms with Crippen LogP contribution in [0.25, 0.3) is 0 Å². The minimum absolute atomic E-state index is 0.231. The van der Waals surface area contributed by atoms with Crippen LogP contribution in [0.1, 0.15) is 16.1 Å². The van der Waals surface area contributed by atoms with Crippen LogP contribution >= 0.6 is 0 Å². The average molecular weight is 255 g/mol. The van der Waals surface area contributed by atoms with Gasteiger partial charge in [0.25, 0.3) is 5.91 Å². The molecule has 0 aliphatic carbocycles. The monoisotopic (exact) mass is 255 g/mol. The van der Waals surface area contributed by atoms with Crippen LogP contribution < -0.4 is 11.1 Å². The molecule has 0 aliphatic heterocycles. The van der Waals surface area contributed by atoms with Gasteiger partial charge in [0.15, 0.2) is 0 Å². The minimum Gasteiger partial charge on any atom is -0.397 e. The Morgan fingerprint density at radius 3 is 2.44 bits per heavy atom. The highest BCUT2D eigenvalue weighted by atomic mass is 16.3. The van der Waals surface area contributed by atoms with Crippen molar-refractivity contribution in [3.8, 4) is 0 Å². The van der Waals surface area contributed by atoms with Crippen molar-refractivity contribution >= 4 is 11.6 Å². The fraction of sp³-hybridized carbons (Fsp3) is 0.455. The standard InChI is InChI=1S/C11H17N3O4/c1-7-9(2-8(12)3-13-7)10(18)14-11(4-15,5-16)6-17/h2-3,15-17H,4-6,12H2,1H3,(H,14,18). The largest absolute Gasteiger partial charge is 0.397 e. The number of hydrogen-bond acceptors (Lipinski definition) is 6. The van der Waals surface area contributed by atoms with Crippen molar-refractivity contribution in [3.05, 3.63) is 23.5 Å². The zero-order chi connectivity index (χ0) is 13.8. The van der Waals surface area contributed by atoms with Gasteiger partial charge in [0.05, 0.1) is 43.0 Å². The summed E-state index contributed by atoms with van der Waals surface area (Å²) in [5.41, 5.74) is 5.09. The van der Waals surface area contributed by atoms with Crippen molar-refractivity contribution in [2.75, 3.05) is 25.6 Å². The predicted molar refractivity (Wildman–Crippen MR) is 64.8 cm³/mol. The van der Waals surface area contributed by atoms with Gasteiger partial charge in [-0.15, -0.1) is 0 Å². The molecule has 1 aromatic rings. The molecule has 0 unspecified atom stereocenters. The molecule has 0 aliphatic rings. The van der Waals surface area contributed by atoms with E-state index in [4.69, 9.17) is 21.1 Å². The van der Waals surface area contributed by atoms with E-state index in [-0.39, 0.29) is 5.56 Å². The lowest BCUT2D eigenvalue weighted by atomic mass is 10.0. The number of rotatable bonds is 5. The number of nitrogens with two attached hydrogens (primary N) is 1. The van der Waals surface area contributed by atoms with E-state index in [2.05, 4.69) is 10.3 Å². The van der Waals surface area contributed by atoms with Gasteiger partial charge in [-0.2, -0.15) is 0 Å². The van der Waals surface area contributed by atoms with Gasteiger partial charge in [-0.1, -0.05) is 0 Å². The van der Waals surface area contributed by atoms with Crippen molar-refractivity contribution in [2.45, 2.75) is 12.5 Å². The lowest BCUT2D eigenvalue weighted by Gasteiger charge is -2.28. The third-order valence-electron chi connectivity index (χ3n) is 2.64. The van der Waals surface area contributed by atoms with E-state index >= 15 is 0 Å². The molecule has 1 aromatic heterocycles. The van der Waals surface area contributed by atoms with Crippen LogP contribution in [0.5, 0.6) is 0 Å². The maximum atomic E-state index is 12.0. The van der Waals surface area contributed by atoms with Crippen molar-refractivity contribution in [3.63, 3.8) is 0 Å². The molecule has 7 nitrogen and oxygen atoms in total. The number of nitrogens with one attached hydrogen (secondary N) is 1. The number of nitrogens with zero attached hydrogens (tertiary/aromatic N) is 1. The summed E-state index contributed by atoms with van der Waals surface area (Å²) >= 11 is 0. The lowest BCUT2D eigenvalue weighted by molar-refractivity contribution is 0.0375. The number of nitrogen functional groups attached to an aromatic ring is 1. The molecule has 18 heavy (non-hydrogen) atoms. The highest BCUT2D eigenvalue weighted by Gasteiger charge is 2.30. The van der Waals surface area contributed by atoms with Crippen LogP contribution in [-0.2, 0) is 0 Å². The molecular formula is C11H17N3O4. The highest BCUT2D eigenvalue weighted by molar-refractivity contribution is 5.96. The molecular weight excluding hydrogens is 238 g/mol. The number of aromatic nitrogens is 1. The summed E-state index contributed by atoms with van der Waals surface area (Å²) in [5.74, 6) is -0.565. The van der Waals surface area contributed by atoms with Crippen LogP contribution in [-0.4, -0.2) is 51.6 Å². The Labute approximate surface area is 104 Å². The molecule has 0 spiro atoms. The van der Waals surface area contributed by atoms with Gasteiger partial charge in [-0.25, -0.2) is 0 Å². The smallest absolute Gasteiger partial charge is 0.253 e. The quantitative estimate of drug-likeness (QED) is 0.432. The maximum absolute atomic E-state index is 12.0. The second kappa shape index (κ2) is 5.76. The van der Waals surface area contributed by atoms with E-state index < -0.39 is 31.3 Å². The number of anilines is 1. The number of carbonyl (C=O) groups is 1. The molecule has 0 radical (unpaired) electrons. The summed E-state index contributed by atoms with van der Waals surface area (Å²) in [6.45, 7) is -0.117. The van der Waals surface area contributed by atoms with Crippen molar-refractivity contribution in [1.29, 1.82) is 0 Å². The first-order chi connectivity index (χ1) is 8.48. The zero-order valence-corrected chi connectivity index (χ0v) is 10.1. The molecule has 0 fully saturated rings. The van der Waals surface area contributed by atoms with E-state index in [9.17, 15) is 4.79 Å². The molecule has 0 atom stereocenters. The minimum atomic E-state index is -1.46. The number of aryl methyl sites for hydroxylation is 1. The molecule has 1 heterocycles. The fourth-order valence-corrected chi connectivity index (χ4v) is 1.36. The summed E-state index contributed by atoms with van der Waals surface area (Å²) in [7, 11) is 0. The zero-order valence-electron chi connectivity index (χ0n) is 10.1. The van der Waals surface area contributed by atoms with Gasteiger partial charge in [0, 0.05) is 0 Å². The molecule has 0 aromatic carbocycles. The fourth-order valence-electron chi connectivity index (χ4n) is 1.36. The second-order valence-electron chi connectivity index (χ2n) is 4.11. The first-order valence-corrected chi connectivity index (χ1v) is 5.35. The van der Waals surface area contributed by atoms with Gasteiger partial charge < -0.3 is 26.4 Å². The Hall–Kier alpha value is -1.70. The van der Waals surface area contributed by atoms with Crippen LogP contribution in [0, 0.1) is 6.92 Å². The van der Waals surface area contributed by atoms with Gasteiger partial charge in [0.2, 0.25) is 0 Å². The normalized spacial score (nSPS) is 11.3. The van der Waals surface area contributed by atoms with Gasteiger partial charge >= 0.3 is 0 Å². The van der Waals surface area contributed by atoms with E-state index in [1.807, 2.05) is 0 Å². The van der Waals surface area contributed by atoms with E-state index in [1.54, 1.807) is 6.92 Å². The summed E-state index contributed by atoms with van der Waals surface area (Å²) in [6, 6.07) is 1.44. The van der Waals surface area contributed by atoms with E-state index in [0.717, 1.165) is 0 Å². The molecule has 100 valence electrons. The summed E-state index contributed by atoms with van der Waals surface area (Å²) in [4.78, 5) is 15.9. The van der Waals surface area contributed by atoms with Crippen molar-refractivity contribution < 1.29 is 20.1 Å². The molecule has 0 saturated carbocycles. The first kappa shape index (κ1) is 14.4. The van der Waals surface area contributed by atoms with E-state index in [0.29, 0.717) is 11.4 Å². The third kappa shape index (κ3) is 2.95. The Morgan fingerprint density at radius 1 is 1.39 bits per heavy atom. The Kier molecular flexibility index (Phi) is 4.60. The average Bonchev–Trinajstić information content (AvgIpc) is 2.38. The molecule has 6 N–H and O–H groups in total. The van der Waals surface area contributed by atoms with Crippen molar-refractivity contribution in [2.24, 2.45) is 0 Å². The molecule has 7 heteroatoms. The van der Waals surface area contributed by atoms with Gasteiger partial charge in [-0.05, 0) is 13.0 Å². The first-order valence-electron chi connectivity index (χ1n) is 5.35. The Balaban J connectivity index is 2.97. The molecule has 1 rings (SSSR count). The van der Waals surface area contributed by atoms with Crippen LogP contribution in [0.15, 0.2) is 12.3 Å². The third-order valence-corrected chi connectivity index (χ3v) is 2.64. The van der Waals surface area contributed by atoms with Gasteiger partial charge in [-0.3, -0.25) is 9.78 Å². The SMILES string of the molecule is Cc1ncc(N)cc1C(=O)NC(CO)(CO)CO. The molecule has 1 amide bonds. The van der Waals surface area contributed by atoms with Crippen LogP contribution in [0.4, 0.5) is 5.69 Å². The lowest BCUT2D eigenvalue weighted by Crippen LogP contribution is -2.57. The number of aliphatic hydroxyl groups excluding tert-OH is 3. The topological polar surface area (TPSA) is 129 Å². The summed E-state index contributed by atoms with van der Waals surface area (Å²) in [5, 5.41) is 29.7. The molecule has 0 saturated heterocycles. The number of carbonyl (C=O) groups excluding carboxylic acids is 1. The number of aliphatic hydroxyl groups is 3. The predicted octanol–water partition coefficient (Wildman–Crippen LogP) is -1.58. The van der Waals surface area contributed by atoms with Crippen LogP contribution in [0.3, 0.4) is 0 Å². The number of pyridine rings is 1. The second-order valence-corrected chi connectivity index (χ2v) is 4.11. The summed E-state index contributed by atoms with van der Waals surface area (Å²) < 4.78 is 0. The van der Waals surface area contributed by atoms with Gasteiger partial charge in [0.1, 0.15) is 5.54 Å². The molecule has 0 bridgehead atoms. The van der Waals surface area contributed by atoms with Crippen molar-refractivity contribution in [1.82, 2.24) is 10.3 Å². The Bertz CT molecular complexity index is 424.